The fourth-order valence-electron chi connectivity index (χ4n) is 6.18. The summed E-state index contributed by atoms with van der Waals surface area (Å²) in [5, 5.41) is 6.74. The first-order valence-electron chi connectivity index (χ1n) is 15.3. The van der Waals surface area contributed by atoms with Crippen molar-refractivity contribution in [3.8, 4) is 5.75 Å². The Morgan fingerprint density at radius 3 is 2.50 bits per heavy atom. The molecule has 0 spiro atoms. The van der Waals surface area contributed by atoms with Gasteiger partial charge in [-0.15, -0.1) is 0 Å². The molecule has 3 aromatic rings. The number of aryl methyl sites for hydroxylation is 2. The van der Waals surface area contributed by atoms with E-state index >= 15 is 0 Å². The molecule has 0 aliphatic carbocycles. The van der Waals surface area contributed by atoms with Gasteiger partial charge in [0.05, 0.1) is 18.2 Å². The van der Waals surface area contributed by atoms with Gasteiger partial charge in [-0.2, -0.15) is 0 Å². The molecule has 2 heterocycles. The van der Waals surface area contributed by atoms with E-state index in [-0.39, 0.29) is 35.4 Å². The molecule has 2 N–H and O–H groups in total. The van der Waals surface area contributed by atoms with Gasteiger partial charge in [-0.05, 0) is 79.5 Å². The van der Waals surface area contributed by atoms with Gasteiger partial charge in [0.2, 0.25) is 11.8 Å². The first-order chi connectivity index (χ1) is 21.2. The number of carbonyl (C=O) groups excluding carboxylic acids is 3. The van der Waals surface area contributed by atoms with Crippen molar-refractivity contribution < 1.29 is 23.5 Å². The summed E-state index contributed by atoms with van der Waals surface area (Å²) < 4.78 is 19.4. The maximum atomic E-state index is 13.7. The van der Waals surface area contributed by atoms with Crippen LogP contribution in [-0.4, -0.2) is 60.8 Å². The highest BCUT2D eigenvalue weighted by Crippen LogP contribution is 2.33. The number of nitrogens with one attached hydrogen (secondary N) is 2. The van der Waals surface area contributed by atoms with Crippen molar-refractivity contribution in [2.45, 2.75) is 58.5 Å². The third-order valence-corrected chi connectivity index (χ3v) is 8.53. The Morgan fingerprint density at radius 1 is 1.00 bits per heavy atom. The van der Waals surface area contributed by atoms with Gasteiger partial charge in [-0.1, -0.05) is 48.5 Å². The van der Waals surface area contributed by atoms with E-state index in [9.17, 15) is 18.8 Å². The number of Topliss-reactive ketones (excluding diaryl/α,β-unsaturated/α-hetero) is 1. The minimum Gasteiger partial charge on any atom is -0.493 e. The first-order valence-corrected chi connectivity index (χ1v) is 15.3. The predicted octanol–water partition coefficient (Wildman–Crippen LogP) is 5.05. The number of hydrogen-bond donors (Lipinski definition) is 2. The monoisotopic (exact) mass is 597 g/mol. The van der Waals surface area contributed by atoms with Gasteiger partial charge in [0.25, 0.3) is 0 Å². The van der Waals surface area contributed by atoms with E-state index in [1.54, 1.807) is 6.92 Å². The fraction of sp³-hybridized carbons (Fsp3) is 0.361. The number of hydrogen-bond acceptors (Lipinski definition) is 5. The molecule has 44 heavy (non-hydrogen) atoms. The van der Waals surface area contributed by atoms with E-state index in [0.29, 0.717) is 50.2 Å². The van der Waals surface area contributed by atoms with Crippen LogP contribution in [0.15, 0.2) is 72.3 Å². The molecule has 0 aromatic heterocycles. The summed E-state index contributed by atoms with van der Waals surface area (Å²) in [6.07, 6.45) is 2.84. The average molecular weight is 598 g/mol. The van der Waals surface area contributed by atoms with Crippen molar-refractivity contribution >= 4 is 23.2 Å². The molecular weight excluding hydrogens is 557 g/mol. The molecule has 230 valence electrons. The van der Waals surface area contributed by atoms with Gasteiger partial charge in [-0.25, -0.2) is 4.39 Å². The molecule has 1 saturated heterocycles. The minimum atomic E-state index is -0.440. The predicted molar refractivity (Wildman–Crippen MR) is 169 cm³/mol. The van der Waals surface area contributed by atoms with Gasteiger partial charge in [0.15, 0.2) is 5.78 Å². The lowest BCUT2D eigenvalue weighted by molar-refractivity contribution is -0.131. The fourth-order valence-corrected chi connectivity index (χ4v) is 6.18. The summed E-state index contributed by atoms with van der Waals surface area (Å²) in [7, 11) is 0. The smallest absolute Gasteiger partial charge is 0.249 e. The standard InChI is InChI=1S/C36H40FN3O4/c1-23-7-4-5-9-27(23)16-17-38-36(43)35-32(20-30-21-40(25(3)42)22-33(35)39-30)28-12-10-26(11-13-28)8-6-18-44-34-19-29(37)14-15-31(34)24(2)41/h4-5,7,9-15,19,30,33,39H,6,8,16-18,20-22H2,1-3H3,(H,38,43). The van der Waals surface area contributed by atoms with Crippen LogP contribution in [0.1, 0.15) is 59.3 Å². The van der Waals surface area contributed by atoms with Crippen LogP contribution in [0.25, 0.3) is 5.57 Å². The Kier molecular flexibility index (Phi) is 9.90. The third-order valence-electron chi connectivity index (χ3n) is 8.53. The number of ether oxygens (including phenoxy) is 1. The Balaban J connectivity index is 1.28. The zero-order valence-corrected chi connectivity index (χ0v) is 25.6. The maximum Gasteiger partial charge on any atom is 0.249 e. The van der Waals surface area contributed by atoms with Gasteiger partial charge in [0.1, 0.15) is 11.6 Å². The van der Waals surface area contributed by atoms with Crippen LogP contribution in [0.4, 0.5) is 4.39 Å². The molecule has 5 rings (SSSR count). The number of nitrogens with zero attached hydrogens (tertiary/aromatic N) is 1. The molecule has 0 radical (unpaired) electrons. The van der Waals surface area contributed by atoms with Gasteiger partial charge < -0.3 is 20.3 Å². The van der Waals surface area contributed by atoms with Crippen molar-refractivity contribution in [1.29, 1.82) is 0 Å². The lowest BCUT2D eigenvalue weighted by Crippen LogP contribution is -2.61. The average Bonchev–Trinajstić information content (AvgIpc) is 3.00. The van der Waals surface area contributed by atoms with Gasteiger partial charge in [-0.3, -0.25) is 14.4 Å². The topological polar surface area (TPSA) is 87.7 Å². The number of fused-ring (bicyclic) bond motifs is 2. The SMILES string of the molecule is CC(=O)c1ccc(F)cc1OCCCc1ccc(C2=C(C(=O)NCCc3ccccc3C)C3CN(C(C)=O)CC(C2)N3)cc1. The summed E-state index contributed by atoms with van der Waals surface area (Å²) in [4.78, 5) is 39.6. The first kappa shape index (κ1) is 31.1. The van der Waals surface area contributed by atoms with Crippen LogP contribution in [0, 0.1) is 12.7 Å². The van der Waals surface area contributed by atoms with Crippen LogP contribution in [0.3, 0.4) is 0 Å². The minimum absolute atomic E-state index is 0.0208. The highest BCUT2D eigenvalue weighted by atomic mass is 19.1. The summed E-state index contributed by atoms with van der Waals surface area (Å²) in [6.45, 7) is 7.05. The molecule has 7 nitrogen and oxygen atoms in total. The lowest BCUT2D eigenvalue weighted by Gasteiger charge is -2.44. The number of benzene rings is 3. The zero-order chi connectivity index (χ0) is 31.2. The zero-order valence-electron chi connectivity index (χ0n) is 25.6. The Labute approximate surface area is 258 Å². The van der Waals surface area contributed by atoms with Gasteiger partial charge in [0, 0.05) is 44.2 Å². The van der Waals surface area contributed by atoms with E-state index in [2.05, 4.69) is 54.0 Å². The van der Waals surface area contributed by atoms with Crippen molar-refractivity contribution in [2.75, 3.05) is 26.2 Å². The molecule has 2 atom stereocenters. The van der Waals surface area contributed by atoms with E-state index < -0.39 is 5.82 Å². The van der Waals surface area contributed by atoms with E-state index in [1.807, 2.05) is 17.0 Å². The molecule has 1 fully saturated rings. The lowest BCUT2D eigenvalue weighted by atomic mass is 9.83. The molecule has 2 unspecified atom stereocenters. The summed E-state index contributed by atoms with van der Waals surface area (Å²) >= 11 is 0. The molecule has 8 heteroatoms. The van der Waals surface area contributed by atoms with Gasteiger partial charge >= 0.3 is 0 Å². The van der Waals surface area contributed by atoms with Crippen molar-refractivity contribution in [3.63, 3.8) is 0 Å². The molecule has 2 bridgehead atoms. The second kappa shape index (κ2) is 14.0. The summed E-state index contributed by atoms with van der Waals surface area (Å²) in [5.41, 5.74) is 6.63. The van der Waals surface area contributed by atoms with Crippen molar-refractivity contribution in [3.05, 3.63) is 106 Å². The highest BCUT2D eigenvalue weighted by Gasteiger charge is 2.39. The van der Waals surface area contributed by atoms with E-state index in [0.717, 1.165) is 29.5 Å². The number of rotatable bonds is 11. The van der Waals surface area contributed by atoms with E-state index in [4.69, 9.17) is 4.74 Å². The number of ketones is 1. The van der Waals surface area contributed by atoms with E-state index in [1.165, 1.54) is 36.2 Å². The number of carbonyl (C=O) groups is 3. The summed E-state index contributed by atoms with van der Waals surface area (Å²) in [6, 6.07) is 20.3. The Bertz CT molecular complexity index is 1570. The maximum absolute atomic E-state index is 13.7. The highest BCUT2D eigenvalue weighted by molar-refractivity contribution is 6.03. The quantitative estimate of drug-likeness (QED) is 0.239. The number of amides is 2. The Morgan fingerprint density at radius 2 is 1.77 bits per heavy atom. The largest absolute Gasteiger partial charge is 0.493 e. The second-order valence-electron chi connectivity index (χ2n) is 11.7. The normalized spacial score (nSPS) is 17.8. The van der Waals surface area contributed by atoms with Crippen molar-refractivity contribution in [1.82, 2.24) is 15.5 Å². The van der Waals surface area contributed by atoms with Crippen LogP contribution < -0.4 is 15.4 Å². The van der Waals surface area contributed by atoms with Crippen LogP contribution >= 0.6 is 0 Å². The van der Waals surface area contributed by atoms with Crippen molar-refractivity contribution in [2.24, 2.45) is 0 Å². The molecule has 2 aliphatic rings. The third kappa shape index (κ3) is 7.42. The molecule has 3 aromatic carbocycles. The Hall–Kier alpha value is -4.30. The second-order valence-corrected chi connectivity index (χ2v) is 11.7. The molecule has 2 aliphatic heterocycles. The molecular formula is C36H40FN3O4. The van der Waals surface area contributed by atoms with Crippen LogP contribution in [0.5, 0.6) is 5.75 Å². The number of halogens is 1. The molecule has 2 amide bonds. The number of piperazine rings is 1. The summed E-state index contributed by atoms with van der Waals surface area (Å²) in [5.74, 6) is -0.416. The van der Waals surface area contributed by atoms with Crippen LogP contribution in [0.2, 0.25) is 0 Å². The molecule has 0 saturated carbocycles. The van der Waals surface area contributed by atoms with Crippen LogP contribution in [-0.2, 0) is 22.4 Å².